The Kier molecular flexibility index (Phi) is 3.40. The molecular weight excluding hydrogens is 281 g/mol. The summed E-state index contributed by atoms with van der Waals surface area (Å²) in [5.74, 6) is -0.159. The summed E-state index contributed by atoms with van der Waals surface area (Å²) >= 11 is 11.7. The molecule has 0 saturated carbocycles. The maximum atomic E-state index is 10.8. The van der Waals surface area contributed by atoms with Crippen molar-refractivity contribution in [1.29, 1.82) is 0 Å². The maximum absolute atomic E-state index is 10.8. The van der Waals surface area contributed by atoms with Crippen molar-refractivity contribution in [2.45, 2.75) is 0 Å². The third kappa shape index (κ3) is 2.39. The van der Waals surface area contributed by atoms with Crippen LogP contribution in [-0.2, 0) is 7.05 Å². The molecular formula is C10H7Cl2N3O3. The van der Waals surface area contributed by atoms with Gasteiger partial charge in [0.25, 0.3) is 0 Å². The maximum Gasteiger partial charge on any atom is 0.427 e. The molecule has 6 nitrogen and oxygen atoms in total. The number of rotatable bonds is 3. The lowest BCUT2D eigenvalue weighted by Crippen LogP contribution is -1.96. The van der Waals surface area contributed by atoms with Crippen LogP contribution in [0.4, 0.5) is 5.82 Å². The van der Waals surface area contributed by atoms with Gasteiger partial charge in [-0.25, -0.2) is 0 Å². The van der Waals surface area contributed by atoms with Crippen LogP contribution in [0.5, 0.6) is 11.6 Å². The highest BCUT2D eigenvalue weighted by Gasteiger charge is 2.23. The molecule has 0 aliphatic rings. The number of ether oxygens (including phenoxy) is 1. The number of aromatic nitrogens is 2. The van der Waals surface area contributed by atoms with Gasteiger partial charge in [0.15, 0.2) is 0 Å². The van der Waals surface area contributed by atoms with E-state index < -0.39 is 4.92 Å². The number of aryl methyl sites for hydroxylation is 1. The molecule has 0 radical (unpaired) electrons. The SMILES string of the molecule is Cn1cnc([N+](=O)[O-])c1Oc1cc(Cl)ccc1Cl. The fraction of sp³-hybridized carbons (Fsp3) is 0.100. The van der Waals surface area contributed by atoms with Gasteiger partial charge in [-0.1, -0.05) is 23.2 Å². The van der Waals surface area contributed by atoms with Gasteiger partial charge in [-0.05, 0) is 22.0 Å². The molecule has 2 aromatic rings. The smallest absolute Gasteiger partial charge is 0.427 e. The molecule has 0 aliphatic carbocycles. The number of imidazole rings is 1. The van der Waals surface area contributed by atoms with Gasteiger partial charge in [-0.3, -0.25) is 4.57 Å². The Balaban J connectivity index is 2.42. The zero-order valence-electron chi connectivity index (χ0n) is 9.13. The Hall–Kier alpha value is -1.79. The van der Waals surface area contributed by atoms with Crippen molar-refractivity contribution in [2.75, 3.05) is 0 Å². The molecule has 1 aromatic carbocycles. The summed E-state index contributed by atoms with van der Waals surface area (Å²) in [4.78, 5) is 13.8. The lowest BCUT2D eigenvalue weighted by Gasteiger charge is -2.07. The molecule has 0 N–H and O–H groups in total. The Morgan fingerprint density at radius 3 is 2.83 bits per heavy atom. The third-order valence-electron chi connectivity index (χ3n) is 2.14. The minimum Gasteiger partial charge on any atom is -0.432 e. The van der Waals surface area contributed by atoms with E-state index in [1.807, 2.05) is 0 Å². The van der Waals surface area contributed by atoms with Crippen LogP contribution in [0, 0.1) is 10.1 Å². The monoisotopic (exact) mass is 287 g/mol. The van der Waals surface area contributed by atoms with E-state index in [4.69, 9.17) is 27.9 Å². The van der Waals surface area contributed by atoms with Gasteiger partial charge >= 0.3 is 11.7 Å². The van der Waals surface area contributed by atoms with Crippen molar-refractivity contribution in [1.82, 2.24) is 9.55 Å². The number of halogens is 2. The van der Waals surface area contributed by atoms with Crippen molar-refractivity contribution < 1.29 is 9.66 Å². The molecule has 18 heavy (non-hydrogen) atoms. The third-order valence-corrected chi connectivity index (χ3v) is 2.69. The van der Waals surface area contributed by atoms with E-state index in [2.05, 4.69) is 4.98 Å². The number of hydrogen-bond acceptors (Lipinski definition) is 4. The summed E-state index contributed by atoms with van der Waals surface area (Å²) in [5, 5.41) is 11.5. The highest BCUT2D eigenvalue weighted by Crippen LogP contribution is 2.35. The molecule has 1 aromatic heterocycles. The summed E-state index contributed by atoms with van der Waals surface area (Å²) in [6.07, 6.45) is 1.28. The normalized spacial score (nSPS) is 10.4. The Morgan fingerprint density at radius 1 is 1.44 bits per heavy atom. The minimum absolute atomic E-state index is 0.0100. The van der Waals surface area contributed by atoms with E-state index in [9.17, 15) is 10.1 Å². The lowest BCUT2D eigenvalue weighted by molar-refractivity contribution is -0.390. The van der Waals surface area contributed by atoms with Gasteiger partial charge in [0.1, 0.15) is 5.75 Å². The van der Waals surface area contributed by atoms with Crippen molar-refractivity contribution in [3.8, 4) is 11.6 Å². The largest absolute Gasteiger partial charge is 0.432 e. The molecule has 94 valence electrons. The number of nitro groups is 1. The van der Waals surface area contributed by atoms with Gasteiger partial charge in [-0.2, -0.15) is 0 Å². The Bertz CT molecular complexity index is 612. The standard InChI is InChI=1S/C10H7Cl2N3O3/c1-14-5-13-9(15(16)17)10(14)18-8-4-6(11)2-3-7(8)12/h2-5H,1H3. The van der Waals surface area contributed by atoms with Crippen LogP contribution in [0.2, 0.25) is 10.0 Å². The zero-order valence-corrected chi connectivity index (χ0v) is 10.6. The average Bonchev–Trinajstić information content (AvgIpc) is 2.66. The first kappa shape index (κ1) is 12.7. The van der Waals surface area contributed by atoms with Crippen LogP contribution in [0.3, 0.4) is 0 Å². The molecule has 0 atom stereocenters. The lowest BCUT2D eigenvalue weighted by atomic mass is 10.3. The number of nitrogens with zero attached hydrogens (tertiary/aromatic N) is 3. The predicted molar refractivity (Wildman–Crippen MR) is 66.4 cm³/mol. The quantitative estimate of drug-likeness (QED) is 0.640. The first-order chi connectivity index (χ1) is 8.49. The average molecular weight is 288 g/mol. The van der Waals surface area contributed by atoms with Crippen molar-refractivity contribution in [2.24, 2.45) is 7.05 Å². The van der Waals surface area contributed by atoms with Gasteiger partial charge in [0.2, 0.25) is 6.33 Å². The van der Waals surface area contributed by atoms with Crippen LogP contribution >= 0.6 is 23.2 Å². The van der Waals surface area contributed by atoms with E-state index in [0.717, 1.165) is 0 Å². The van der Waals surface area contributed by atoms with Crippen LogP contribution in [0.15, 0.2) is 24.5 Å². The van der Waals surface area contributed by atoms with Crippen molar-refractivity contribution in [3.05, 3.63) is 44.7 Å². The van der Waals surface area contributed by atoms with Gasteiger partial charge in [0.05, 0.1) is 5.02 Å². The molecule has 0 spiro atoms. The molecule has 0 fully saturated rings. The zero-order chi connectivity index (χ0) is 13.3. The van der Waals surface area contributed by atoms with Gasteiger partial charge in [-0.15, -0.1) is 0 Å². The first-order valence-electron chi connectivity index (χ1n) is 4.77. The predicted octanol–water partition coefficient (Wildman–Crippen LogP) is 3.43. The molecule has 0 bridgehead atoms. The molecule has 8 heteroatoms. The highest BCUT2D eigenvalue weighted by molar-refractivity contribution is 6.34. The summed E-state index contributed by atoms with van der Waals surface area (Å²) < 4.78 is 6.78. The van der Waals surface area contributed by atoms with Crippen LogP contribution in [-0.4, -0.2) is 14.5 Å². The second kappa shape index (κ2) is 4.83. The minimum atomic E-state index is -0.631. The van der Waals surface area contributed by atoms with Gasteiger partial charge < -0.3 is 14.9 Å². The molecule has 0 aliphatic heterocycles. The fourth-order valence-corrected chi connectivity index (χ4v) is 1.63. The summed E-state index contributed by atoms with van der Waals surface area (Å²) in [5.41, 5.74) is 0. The topological polar surface area (TPSA) is 70.2 Å². The molecule has 2 rings (SSSR count). The second-order valence-electron chi connectivity index (χ2n) is 3.42. The van der Waals surface area contributed by atoms with E-state index in [0.29, 0.717) is 10.0 Å². The fourth-order valence-electron chi connectivity index (χ4n) is 1.31. The molecule has 0 amide bonds. The highest BCUT2D eigenvalue weighted by atomic mass is 35.5. The van der Waals surface area contributed by atoms with E-state index in [-0.39, 0.29) is 17.4 Å². The van der Waals surface area contributed by atoms with Gasteiger partial charge in [0, 0.05) is 18.1 Å². The van der Waals surface area contributed by atoms with E-state index in [1.54, 1.807) is 19.2 Å². The van der Waals surface area contributed by atoms with E-state index >= 15 is 0 Å². The number of benzene rings is 1. The number of hydrogen-bond donors (Lipinski definition) is 0. The van der Waals surface area contributed by atoms with Crippen LogP contribution < -0.4 is 4.74 Å². The summed E-state index contributed by atoms with van der Waals surface area (Å²) in [6.45, 7) is 0. The molecule has 0 saturated heterocycles. The van der Waals surface area contributed by atoms with Crippen LogP contribution in [0.1, 0.15) is 0 Å². The second-order valence-corrected chi connectivity index (χ2v) is 4.26. The Morgan fingerprint density at radius 2 is 2.17 bits per heavy atom. The summed E-state index contributed by atoms with van der Waals surface area (Å²) in [6, 6.07) is 4.61. The first-order valence-corrected chi connectivity index (χ1v) is 5.53. The molecule has 1 heterocycles. The molecule has 0 unspecified atom stereocenters. The van der Waals surface area contributed by atoms with Crippen molar-refractivity contribution >= 4 is 29.0 Å². The Labute approximate surface area is 112 Å². The van der Waals surface area contributed by atoms with E-state index in [1.165, 1.54) is 17.0 Å². The summed E-state index contributed by atoms with van der Waals surface area (Å²) in [7, 11) is 1.58. The van der Waals surface area contributed by atoms with Crippen molar-refractivity contribution in [3.63, 3.8) is 0 Å². The van der Waals surface area contributed by atoms with Crippen LogP contribution in [0.25, 0.3) is 0 Å².